The molecule has 0 aliphatic heterocycles. The number of benzene rings is 1. The van der Waals surface area contributed by atoms with Crippen LogP contribution in [0.15, 0.2) is 42.5 Å². The standard InChI is InChI=1S/C14H18O2/c1-11(2)9-10-12(3)14(15)16-13-7-5-4-6-8-13/h4-12H,1-3H3/b10-9-. The van der Waals surface area contributed by atoms with Gasteiger partial charge in [0, 0.05) is 0 Å². The number of allylic oxidation sites excluding steroid dienone is 1. The van der Waals surface area contributed by atoms with E-state index >= 15 is 0 Å². The molecule has 1 unspecified atom stereocenters. The molecule has 1 aromatic rings. The molecule has 2 nitrogen and oxygen atoms in total. The molecule has 1 aromatic carbocycles. The molecule has 16 heavy (non-hydrogen) atoms. The third-order valence-electron chi connectivity index (χ3n) is 2.12. The molecule has 0 aliphatic carbocycles. The van der Waals surface area contributed by atoms with E-state index < -0.39 is 0 Å². The van der Waals surface area contributed by atoms with Gasteiger partial charge in [-0.1, -0.05) is 44.2 Å². The third kappa shape index (κ3) is 4.30. The van der Waals surface area contributed by atoms with Crippen LogP contribution in [0, 0.1) is 11.8 Å². The summed E-state index contributed by atoms with van der Waals surface area (Å²) in [6.07, 6.45) is 3.90. The Bertz CT molecular complexity index is 352. The molecule has 86 valence electrons. The molecule has 0 aromatic heterocycles. The SMILES string of the molecule is CC(C)/C=C\C(C)C(=O)Oc1ccccc1. The van der Waals surface area contributed by atoms with Gasteiger partial charge < -0.3 is 4.74 Å². The predicted octanol–water partition coefficient (Wildman–Crippen LogP) is 3.44. The molecule has 0 heterocycles. The van der Waals surface area contributed by atoms with Gasteiger partial charge in [-0.15, -0.1) is 0 Å². The van der Waals surface area contributed by atoms with Crippen LogP contribution in [0.25, 0.3) is 0 Å². The second-order valence-electron chi connectivity index (χ2n) is 4.15. The van der Waals surface area contributed by atoms with Crippen LogP contribution in [0.4, 0.5) is 0 Å². The number of para-hydroxylation sites is 1. The fourth-order valence-electron chi connectivity index (χ4n) is 1.17. The average Bonchev–Trinajstić information content (AvgIpc) is 2.27. The van der Waals surface area contributed by atoms with Crippen LogP contribution in [0.3, 0.4) is 0 Å². The third-order valence-corrected chi connectivity index (χ3v) is 2.12. The summed E-state index contributed by atoms with van der Waals surface area (Å²) in [7, 11) is 0. The van der Waals surface area contributed by atoms with Crippen molar-refractivity contribution >= 4 is 5.97 Å². The van der Waals surface area contributed by atoms with Crippen molar-refractivity contribution in [2.24, 2.45) is 11.8 Å². The Hall–Kier alpha value is -1.57. The highest BCUT2D eigenvalue weighted by Gasteiger charge is 2.11. The van der Waals surface area contributed by atoms with Gasteiger partial charge in [0.05, 0.1) is 5.92 Å². The topological polar surface area (TPSA) is 26.3 Å². The molecule has 1 atom stereocenters. The van der Waals surface area contributed by atoms with Gasteiger partial charge in [-0.3, -0.25) is 4.79 Å². The van der Waals surface area contributed by atoms with Crippen LogP contribution in [0.2, 0.25) is 0 Å². The Morgan fingerprint density at radius 1 is 1.12 bits per heavy atom. The molecule has 0 aliphatic rings. The number of carbonyl (C=O) groups is 1. The van der Waals surface area contributed by atoms with Crippen LogP contribution in [-0.4, -0.2) is 5.97 Å². The maximum absolute atomic E-state index is 11.7. The van der Waals surface area contributed by atoms with E-state index in [9.17, 15) is 4.79 Å². The van der Waals surface area contributed by atoms with E-state index in [0.717, 1.165) is 0 Å². The van der Waals surface area contributed by atoms with Gasteiger partial charge in [-0.05, 0) is 25.0 Å². The Morgan fingerprint density at radius 3 is 2.31 bits per heavy atom. The summed E-state index contributed by atoms with van der Waals surface area (Å²) >= 11 is 0. The second-order valence-corrected chi connectivity index (χ2v) is 4.15. The average molecular weight is 218 g/mol. The Balaban J connectivity index is 2.53. The van der Waals surface area contributed by atoms with Crippen molar-refractivity contribution in [1.29, 1.82) is 0 Å². The number of carbonyl (C=O) groups excluding carboxylic acids is 1. The summed E-state index contributed by atoms with van der Waals surface area (Å²) in [6, 6.07) is 9.13. The van der Waals surface area contributed by atoms with Crippen molar-refractivity contribution in [1.82, 2.24) is 0 Å². The predicted molar refractivity (Wildman–Crippen MR) is 65.2 cm³/mol. The van der Waals surface area contributed by atoms with Crippen LogP contribution in [-0.2, 0) is 4.79 Å². The summed E-state index contributed by atoms with van der Waals surface area (Å²) in [5.74, 6) is 0.620. The molecule has 0 radical (unpaired) electrons. The zero-order chi connectivity index (χ0) is 12.0. The largest absolute Gasteiger partial charge is 0.426 e. The zero-order valence-electron chi connectivity index (χ0n) is 10.0. The van der Waals surface area contributed by atoms with Gasteiger partial charge in [-0.25, -0.2) is 0 Å². The summed E-state index contributed by atoms with van der Waals surface area (Å²) < 4.78 is 5.22. The van der Waals surface area contributed by atoms with E-state index in [0.29, 0.717) is 11.7 Å². The molecule has 0 bridgehead atoms. The lowest BCUT2D eigenvalue weighted by Gasteiger charge is -2.07. The molecule has 1 rings (SSSR count). The first kappa shape index (κ1) is 12.5. The molecule has 0 N–H and O–H groups in total. The summed E-state index contributed by atoms with van der Waals surface area (Å²) in [5, 5.41) is 0. The number of rotatable bonds is 4. The van der Waals surface area contributed by atoms with Crippen LogP contribution < -0.4 is 4.74 Å². The lowest BCUT2D eigenvalue weighted by molar-refractivity contribution is -0.136. The molecule has 2 heteroatoms. The first-order chi connectivity index (χ1) is 7.59. The molecular formula is C14H18O2. The number of ether oxygens (including phenoxy) is 1. The molecule has 0 saturated heterocycles. The first-order valence-electron chi connectivity index (χ1n) is 5.54. The molecule has 0 amide bonds. The number of hydrogen-bond acceptors (Lipinski definition) is 2. The highest BCUT2D eigenvalue weighted by atomic mass is 16.5. The fourth-order valence-corrected chi connectivity index (χ4v) is 1.17. The minimum absolute atomic E-state index is 0.206. The van der Waals surface area contributed by atoms with E-state index in [4.69, 9.17) is 4.74 Å². The smallest absolute Gasteiger partial charge is 0.317 e. The fraction of sp³-hybridized carbons (Fsp3) is 0.357. The van der Waals surface area contributed by atoms with E-state index in [1.165, 1.54) is 0 Å². The van der Waals surface area contributed by atoms with Gasteiger partial charge >= 0.3 is 5.97 Å². The summed E-state index contributed by atoms with van der Waals surface area (Å²) in [5.41, 5.74) is 0. The zero-order valence-corrected chi connectivity index (χ0v) is 10.0. The Labute approximate surface area is 96.9 Å². The van der Waals surface area contributed by atoms with Gasteiger partial charge in [0.25, 0.3) is 0 Å². The lowest BCUT2D eigenvalue weighted by Crippen LogP contribution is -2.16. The normalized spacial score (nSPS) is 13.0. The van der Waals surface area contributed by atoms with Crippen LogP contribution >= 0.6 is 0 Å². The summed E-state index contributed by atoms with van der Waals surface area (Å²) in [4.78, 5) is 11.7. The molecule has 0 spiro atoms. The van der Waals surface area contributed by atoms with Gasteiger partial charge in [0.1, 0.15) is 5.75 Å². The van der Waals surface area contributed by atoms with Crippen molar-refractivity contribution in [2.45, 2.75) is 20.8 Å². The van der Waals surface area contributed by atoms with Crippen molar-refractivity contribution in [2.75, 3.05) is 0 Å². The van der Waals surface area contributed by atoms with E-state index in [1.807, 2.05) is 37.3 Å². The Kier molecular flexibility index (Phi) is 4.77. The molecule has 0 saturated carbocycles. The highest BCUT2D eigenvalue weighted by Crippen LogP contribution is 2.12. The lowest BCUT2D eigenvalue weighted by atomic mass is 10.1. The van der Waals surface area contributed by atoms with Gasteiger partial charge in [0.15, 0.2) is 0 Å². The van der Waals surface area contributed by atoms with E-state index in [2.05, 4.69) is 13.8 Å². The van der Waals surface area contributed by atoms with Crippen molar-refractivity contribution in [3.8, 4) is 5.75 Å². The van der Waals surface area contributed by atoms with Crippen LogP contribution in [0.1, 0.15) is 20.8 Å². The van der Waals surface area contributed by atoms with Crippen molar-refractivity contribution < 1.29 is 9.53 Å². The molecule has 0 fully saturated rings. The minimum Gasteiger partial charge on any atom is -0.426 e. The second kappa shape index (κ2) is 6.11. The van der Waals surface area contributed by atoms with Crippen LogP contribution in [0.5, 0.6) is 5.75 Å². The maximum atomic E-state index is 11.7. The summed E-state index contributed by atoms with van der Waals surface area (Å²) in [6.45, 7) is 5.99. The highest BCUT2D eigenvalue weighted by molar-refractivity contribution is 5.76. The Morgan fingerprint density at radius 2 is 1.75 bits per heavy atom. The van der Waals surface area contributed by atoms with Crippen molar-refractivity contribution in [3.63, 3.8) is 0 Å². The quantitative estimate of drug-likeness (QED) is 0.439. The number of hydrogen-bond donors (Lipinski definition) is 0. The van der Waals surface area contributed by atoms with E-state index in [-0.39, 0.29) is 11.9 Å². The van der Waals surface area contributed by atoms with Gasteiger partial charge in [0.2, 0.25) is 0 Å². The number of esters is 1. The molecular weight excluding hydrogens is 200 g/mol. The maximum Gasteiger partial charge on any atom is 0.317 e. The van der Waals surface area contributed by atoms with Gasteiger partial charge in [-0.2, -0.15) is 0 Å². The minimum atomic E-state index is -0.219. The first-order valence-corrected chi connectivity index (χ1v) is 5.54. The van der Waals surface area contributed by atoms with Crippen molar-refractivity contribution in [3.05, 3.63) is 42.5 Å². The monoisotopic (exact) mass is 218 g/mol. The van der Waals surface area contributed by atoms with E-state index in [1.54, 1.807) is 12.1 Å².